The van der Waals surface area contributed by atoms with Crippen molar-refractivity contribution < 1.29 is 4.79 Å². The fourth-order valence-corrected chi connectivity index (χ4v) is 2.88. The van der Waals surface area contributed by atoms with Crippen LogP contribution in [0.25, 0.3) is 0 Å². The predicted molar refractivity (Wildman–Crippen MR) is 92.6 cm³/mol. The van der Waals surface area contributed by atoms with Crippen molar-refractivity contribution in [1.82, 2.24) is 15.3 Å². The number of nitrogens with zero attached hydrogens (tertiary/aromatic N) is 1. The minimum absolute atomic E-state index is 0.0530. The zero-order valence-electron chi connectivity index (χ0n) is 13.3. The number of H-pyrrole nitrogens is 1. The van der Waals surface area contributed by atoms with Crippen LogP contribution in [0.2, 0.25) is 0 Å². The average molecular weight is 331 g/mol. The molecule has 0 aliphatic rings. The number of hydrogen-bond acceptors (Lipinski definition) is 4. The Hall–Kier alpha value is -2.08. The smallest absolute Gasteiger partial charge is 0.251 e. The molecule has 1 aromatic carbocycles. The number of hydrogen-bond donors (Lipinski definition) is 2. The molecule has 2 N–H and O–H groups in total. The van der Waals surface area contributed by atoms with E-state index in [1.807, 2.05) is 44.2 Å². The lowest BCUT2D eigenvalue weighted by Crippen LogP contribution is -2.28. The van der Waals surface area contributed by atoms with Crippen LogP contribution in [-0.2, 0) is 11.2 Å². The number of carbonyl (C=O) groups excluding carboxylic acids is 1. The second-order valence-electron chi connectivity index (χ2n) is 5.28. The number of rotatable bonds is 7. The van der Waals surface area contributed by atoms with Gasteiger partial charge in [-0.15, -0.1) is 0 Å². The van der Waals surface area contributed by atoms with Crippen molar-refractivity contribution >= 4 is 17.7 Å². The molecule has 1 unspecified atom stereocenters. The summed E-state index contributed by atoms with van der Waals surface area (Å²) in [4.78, 5) is 30.7. The summed E-state index contributed by atoms with van der Waals surface area (Å²) in [6.07, 6.45) is 1.68. The number of nitrogens with one attached hydrogen (secondary N) is 2. The minimum atomic E-state index is -0.177. The fourth-order valence-electron chi connectivity index (χ4n) is 2.18. The third-order valence-electron chi connectivity index (χ3n) is 3.30. The highest BCUT2D eigenvalue weighted by molar-refractivity contribution is 7.99. The number of aryl methyl sites for hydroxylation is 1. The van der Waals surface area contributed by atoms with Gasteiger partial charge in [0.1, 0.15) is 0 Å². The normalized spacial score (nSPS) is 11.9. The molecule has 0 aliphatic heterocycles. The molecule has 0 saturated heterocycles. The molecule has 1 heterocycles. The van der Waals surface area contributed by atoms with Crippen LogP contribution < -0.4 is 10.9 Å². The number of benzene rings is 1. The molecule has 0 fully saturated rings. The summed E-state index contributed by atoms with van der Waals surface area (Å²) in [5.74, 6) is 0.130. The van der Waals surface area contributed by atoms with Crippen LogP contribution in [-0.4, -0.2) is 21.6 Å². The van der Waals surface area contributed by atoms with E-state index >= 15 is 0 Å². The van der Waals surface area contributed by atoms with Crippen molar-refractivity contribution in [3.8, 4) is 0 Å². The maximum atomic E-state index is 12.0. The van der Waals surface area contributed by atoms with Crippen LogP contribution in [0.1, 0.15) is 37.6 Å². The lowest BCUT2D eigenvalue weighted by atomic mass is 10.1. The average Bonchev–Trinajstić information content (AvgIpc) is 2.53. The second-order valence-corrected chi connectivity index (χ2v) is 6.24. The first-order valence-electron chi connectivity index (χ1n) is 7.66. The third-order valence-corrected chi connectivity index (χ3v) is 4.17. The lowest BCUT2D eigenvalue weighted by Gasteiger charge is -2.14. The Balaban J connectivity index is 1.90. The van der Waals surface area contributed by atoms with Gasteiger partial charge in [-0.1, -0.05) is 55.4 Å². The highest BCUT2D eigenvalue weighted by Crippen LogP contribution is 2.14. The van der Waals surface area contributed by atoms with Gasteiger partial charge in [0.25, 0.3) is 5.56 Å². The molecule has 2 aromatic rings. The molecule has 122 valence electrons. The molecular formula is C17H21N3O2S. The molecule has 1 aromatic heterocycles. The van der Waals surface area contributed by atoms with Crippen LogP contribution >= 0.6 is 11.8 Å². The van der Waals surface area contributed by atoms with Crippen LogP contribution in [0.3, 0.4) is 0 Å². The molecule has 0 bridgehead atoms. The topological polar surface area (TPSA) is 74.8 Å². The van der Waals surface area contributed by atoms with E-state index in [9.17, 15) is 9.59 Å². The van der Waals surface area contributed by atoms with Gasteiger partial charge in [-0.25, -0.2) is 4.98 Å². The van der Waals surface area contributed by atoms with E-state index in [0.29, 0.717) is 5.16 Å². The molecule has 0 aliphatic carbocycles. The van der Waals surface area contributed by atoms with Crippen molar-refractivity contribution in [3.05, 3.63) is 58.0 Å². The second kappa shape index (κ2) is 8.53. The molecule has 6 heteroatoms. The number of aromatic nitrogens is 2. The van der Waals surface area contributed by atoms with E-state index in [1.165, 1.54) is 17.8 Å². The van der Waals surface area contributed by atoms with Crippen LogP contribution in [0.5, 0.6) is 0 Å². The number of carbonyl (C=O) groups is 1. The van der Waals surface area contributed by atoms with E-state index < -0.39 is 0 Å². The molecule has 1 amide bonds. The van der Waals surface area contributed by atoms with Gasteiger partial charge in [0.15, 0.2) is 5.16 Å². The molecule has 0 radical (unpaired) electrons. The van der Waals surface area contributed by atoms with E-state index in [-0.39, 0.29) is 23.3 Å². The summed E-state index contributed by atoms with van der Waals surface area (Å²) in [7, 11) is 0. The fraction of sp³-hybridized carbons (Fsp3) is 0.353. The van der Waals surface area contributed by atoms with E-state index in [0.717, 1.165) is 24.1 Å². The zero-order valence-corrected chi connectivity index (χ0v) is 14.2. The molecule has 0 saturated carbocycles. The number of thioether (sulfide) groups is 1. The molecule has 2 rings (SSSR count). The van der Waals surface area contributed by atoms with Gasteiger partial charge in [0.2, 0.25) is 5.91 Å². The summed E-state index contributed by atoms with van der Waals surface area (Å²) in [5, 5.41) is 3.43. The summed E-state index contributed by atoms with van der Waals surface area (Å²) in [6, 6.07) is 11.2. The SMILES string of the molecule is CCCc1cc(=O)[nH]c(SCC(=O)NC(C)c2ccccc2)n1. The first kappa shape index (κ1) is 17.3. The van der Waals surface area contributed by atoms with E-state index in [2.05, 4.69) is 15.3 Å². The largest absolute Gasteiger partial charge is 0.349 e. The van der Waals surface area contributed by atoms with Gasteiger partial charge in [0, 0.05) is 11.8 Å². The lowest BCUT2D eigenvalue weighted by molar-refractivity contribution is -0.119. The van der Waals surface area contributed by atoms with Gasteiger partial charge >= 0.3 is 0 Å². The molecule has 23 heavy (non-hydrogen) atoms. The quantitative estimate of drug-likeness (QED) is 0.604. The van der Waals surface area contributed by atoms with Gasteiger partial charge in [-0.2, -0.15) is 0 Å². The Morgan fingerprint density at radius 1 is 1.35 bits per heavy atom. The highest BCUT2D eigenvalue weighted by atomic mass is 32.2. The molecule has 5 nitrogen and oxygen atoms in total. The molecular weight excluding hydrogens is 310 g/mol. The van der Waals surface area contributed by atoms with Crippen molar-refractivity contribution in [2.45, 2.75) is 37.9 Å². The van der Waals surface area contributed by atoms with Crippen molar-refractivity contribution in [1.29, 1.82) is 0 Å². The maximum Gasteiger partial charge on any atom is 0.251 e. The highest BCUT2D eigenvalue weighted by Gasteiger charge is 2.10. The Bertz CT molecular complexity index is 700. The monoisotopic (exact) mass is 331 g/mol. The number of amides is 1. The van der Waals surface area contributed by atoms with Crippen molar-refractivity contribution in [2.24, 2.45) is 0 Å². The van der Waals surface area contributed by atoms with Gasteiger partial charge in [-0.05, 0) is 18.9 Å². The first-order chi connectivity index (χ1) is 11.1. The summed E-state index contributed by atoms with van der Waals surface area (Å²) < 4.78 is 0. The first-order valence-corrected chi connectivity index (χ1v) is 8.64. The number of aromatic amines is 1. The van der Waals surface area contributed by atoms with E-state index in [4.69, 9.17) is 0 Å². The predicted octanol–water partition coefficient (Wildman–Crippen LogP) is 2.69. The van der Waals surface area contributed by atoms with Crippen LogP contribution in [0.15, 0.2) is 46.3 Å². The Labute approximate surface area is 139 Å². The Morgan fingerprint density at radius 3 is 2.78 bits per heavy atom. The van der Waals surface area contributed by atoms with Crippen LogP contribution in [0, 0.1) is 0 Å². The summed E-state index contributed by atoms with van der Waals surface area (Å²) >= 11 is 1.24. The van der Waals surface area contributed by atoms with Crippen molar-refractivity contribution in [2.75, 3.05) is 5.75 Å². The maximum absolute atomic E-state index is 12.0. The summed E-state index contributed by atoms with van der Waals surface area (Å²) in [5.41, 5.74) is 1.64. The van der Waals surface area contributed by atoms with E-state index in [1.54, 1.807) is 0 Å². The zero-order chi connectivity index (χ0) is 16.7. The summed E-state index contributed by atoms with van der Waals surface area (Å²) in [6.45, 7) is 3.98. The molecule has 1 atom stereocenters. The van der Waals surface area contributed by atoms with Crippen molar-refractivity contribution in [3.63, 3.8) is 0 Å². The van der Waals surface area contributed by atoms with Crippen LogP contribution in [0.4, 0.5) is 0 Å². The minimum Gasteiger partial charge on any atom is -0.349 e. The Kier molecular flexibility index (Phi) is 6.40. The standard InChI is InChI=1S/C17H21N3O2S/c1-3-7-14-10-15(21)20-17(19-14)23-11-16(22)18-12(2)13-8-5-4-6-9-13/h4-6,8-10,12H,3,7,11H2,1-2H3,(H,18,22)(H,19,20,21). The van der Waals surface area contributed by atoms with Gasteiger partial charge in [-0.3, -0.25) is 9.59 Å². The Morgan fingerprint density at radius 2 is 2.09 bits per heavy atom. The van der Waals surface area contributed by atoms with Gasteiger partial charge in [0.05, 0.1) is 11.8 Å². The van der Waals surface area contributed by atoms with Gasteiger partial charge < -0.3 is 10.3 Å². The third kappa shape index (κ3) is 5.56. The molecule has 0 spiro atoms.